The Bertz CT molecular complexity index is 426. The molecule has 3 heteroatoms. The first kappa shape index (κ1) is 8.26. The van der Waals surface area contributed by atoms with Crippen molar-refractivity contribution >= 4 is 17.6 Å². The quantitative estimate of drug-likeness (QED) is 0.684. The summed E-state index contributed by atoms with van der Waals surface area (Å²) in [5.41, 5.74) is 2.16. The summed E-state index contributed by atoms with van der Waals surface area (Å²) in [6.07, 6.45) is 4.27. The van der Waals surface area contributed by atoms with Crippen molar-refractivity contribution in [1.82, 2.24) is 0 Å². The Morgan fingerprint density at radius 1 is 1.38 bits per heavy atom. The van der Waals surface area contributed by atoms with E-state index in [0.29, 0.717) is 0 Å². The van der Waals surface area contributed by atoms with E-state index in [9.17, 15) is 4.79 Å². The number of aldehydes is 1. The molecule has 0 aliphatic heterocycles. The number of thiophene rings is 1. The number of aryl methyl sites for hydroxylation is 1. The second-order valence-electron chi connectivity index (χ2n) is 2.79. The average molecular weight is 192 g/mol. The third-order valence-electron chi connectivity index (χ3n) is 1.86. The van der Waals surface area contributed by atoms with E-state index in [1.165, 1.54) is 11.3 Å². The molecule has 0 radical (unpaired) electrons. The lowest BCUT2D eigenvalue weighted by Gasteiger charge is -1.90. The molecule has 0 unspecified atom stereocenters. The van der Waals surface area contributed by atoms with Crippen molar-refractivity contribution in [2.24, 2.45) is 0 Å². The van der Waals surface area contributed by atoms with E-state index in [2.05, 4.69) is 0 Å². The van der Waals surface area contributed by atoms with Crippen LogP contribution >= 0.6 is 11.3 Å². The van der Waals surface area contributed by atoms with Crippen LogP contribution in [0.4, 0.5) is 0 Å². The van der Waals surface area contributed by atoms with E-state index in [1.807, 2.05) is 19.1 Å². The second-order valence-corrected chi connectivity index (χ2v) is 3.90. The Balaban J connectivity index is 2.46. The summed E-state index contributed by atoms with van der Waals surface area (Å²) < 4.78 is 5.06. The molecule has 2 nitrogen and oxygen atoms in total. The number of hydrogen-bond acceptors (Lipinski definition) is 3. The molecule has 0 aliphatic rings. The highest BCUT2D eigenvalue weighted by Gasteiger charge is 2.06. The third kappa shape index (κ3) is 1.42. The van der Waals surface area contributed by atoms with Crippen molar-refractivity contribution in [1.29, 1.82) is 0 Å². The second kappa shape index (κ2) is 3.18. The van der Waals surface area contributed by atoms with Crippen LogP contribution in [-0.4, -0.2) is 6.29 Å². The lowest BCUT2D eigenvalue weighted by atomic mass is 10.2. The van der Waals surface area contributed by atoms with Crippen molar-refractivity contribution in [3.8, 4) is 10.4 Å². The van der Waals surface area contributed by atoms with Gasteiger partial charge in [-0.05, 0) is 24.6 Å². The maximum Gasteiger partial charge on any atom is 0.160 e. The molecule has 0 spiro atoms. The van der Waals surface area contributed by atoms with Gasteiger partial charge in [-0.3, -0.25) is 4.79 Å². The standard InChI is InChI=1S/C10H8O2S/c1-7-5-12-6-9(7)10-3-2-8(4-11)13-10/h2-6H,1H3. The smallest absolute Gasteiger partial charge is 0.160 e. The van der Waals surface area contributed by atoms with E-state index < -0.39 is 0 Å². The minimum atomic E-state index is 0.746. The molecule has 0 aliphatic carbocycles. The fraction of sp³-hybridized carbons (Fsp3) is 0.100. The number of hydrogen-bond donors (Lipinski definition) is 0. The molecule has 0 atom stereocenters. The Kier molecular flexibility index (Phi) is 2.02. The maximum absolute atomic E-state index is 10.5. The predicted molar refractivity (Wildman–Crippen MR) is 52.1 cm³/mol. The van der Waals surface area contributed by atoms with E-state index >= 15 is 0 Å². The largest absolute Gasteiger partial charge is 0.472 e. The first-order valence-electron chi connectivity index (χ1n) is 3.89. The number of carbonyl (C=O) groups excluding carboxylic acids is 1. The van der Waals surface area contributed by atoms with E-state index in [1.54, 1.807) is 12.5 Å². The van der Waals surface area contributed by atoms with Gasteiger partial charge in [-0.1, -0.05) is 0 Å². The minimum Gasteiger partial charge on any atom is -0.472 e. The molecule has 0 bridgehead atoms. The molecule has 2 rings (SSSR count). The lowest BCUT2D eigenvalue weighted by molar-refractivity contribution is 0.112. The molecular weight excluding hydrogens is 184 g/mol. The number of furan rings is 1. The molecule has 0 saturated carbocycles. The highest BCUT2D eigenvalue weighted by atomic mass is 32.1. The van der Waals surface area contributed by atoms with Crippen LogP contribution in [0.25, 0.3) is 10.4 Å². The molecule has 0 amide bonds. The highest BCUT2D eigenvalue weighted by molar-refractivity contribution is 7.17. The van der Waals surface area contributed by atoms with Crippen LogP contribution in [-0.2, 0) is 0 Å². The minimum absolute atomic E-state index is 0.746. The zero-order valence-corrected chi connectivity index (χ0v) is 7.93. The van der Waals surface area contributed by atoms with Crippen LogP contribution in [0.5, 0.6) is 0 Å². The fourth-order valence-electron chi connectivity index (χ4n) is 1.17. The van der Waals surface area contributed by atoms with Crippen molar-refractivity contribution < 1.29 is 9.21 Å². The molecule has 0 saturated heterocycles. The van der Waals surface area contributed by atoms with Crippen LogP contribution < -0.4 is 0 Å². The van der Waals surface area contributed by atoms with Gasteiger partial charge < -0.3 is 4.42 Å². The van der Waals surface area contributed by atoms with Gasteiger partial charge in [0.25, 0.3) is 0 Å². The number of carbonyl (C=O) groups is 1. The zero-order chi connectivity index (χ0) is 9.26. The van der Waals surface area contributed by atoms with Gasteiger partial charge in [0.1, 0.15) is 0 Å². The van der Waals surface area contributed by atoms with Gasteiger partial charge in [-0.25, -0.2) is 0 Å². The topological polar surface area (TPSA) is 30.2 Å². The molecule has 0 fully saturated rings. The van der Waals surface area contributed by atoms with Crippen molar-refractivity contribution in [2.75, 3.05) is 0 Å². The van der Waals surface area contributed by atoms with E-state index in [4.69, 9.17) is 4.42 Å². The van der Waals surface area contributed by atoms with Gasteiger partial charge in [0.2, 0.25) is 0 Å². The van der Waals surface area contributed by atoms with Gasteiger partial charge in [0.05, 0.1) is 17.4 Å². The van der Waals surface area contributed by atoms with Crippen molar-refractivity contribution in [3.05, 3.63) is 35.1 Å². The summed E-state index contributed by atoms with van der Waals surface area (Å²) >= 11 is 1.48. The van der Waals surface area contributed by atoms with Gasteiger partial charge in [-0.2, -0.15) is 0 Å². The highest BCUT2D eigenvalue weighted by Crippen LogP contribution is 2.30. The van der Waals surface area contributed by atoms with Crippen LogP contribution in [0.2, 0.25) is 0 Å². The summed E-state index contributed by atoms with van der Waals surface area (Å²) in [4.78, 5) is 12.3. The Labute approximate surface area is 79.8 Å². The fourth-order valence-corrected chi connectivity index (χ4v) is 2.07. The third-order valence-corrected chi connectivity index (χ3v) is 2.91. The van der Waals surface area contributed by atoms with Gasteiger partial charge in [-0.15, -0.1) is 11.3 Å². The van der Waals surface area contributed by atoms with Gasteiger partial charge >= 0.3 is 0 Å². The normalized spacial score (nSPS) is 10.2. The maximum atomic E-state index is 10.5. The molecule has 0 N–H and O–H groups in total. The summed E-state index contributed by atoms with van der Waals surface area (Å²) in [5, 5.41) is 0. The average Bonchev–Trinajstić information content (AvgIpc) is 2.71. The Hall–Kier alpha value is -1.35. The van der Waals surface area contributed by atoms with Gasteiger partial charge in [0.15, 0.2) is 6.29 Å². The summed E-state index contributed by atoms with van der Waals surface area (Å²) in [6, 6.07) is 3.76. The van der Waals surface area contributed by atoms with Crippen LogP contribution in [0.1, 0.15) is 15.2 Å². The molecule has 13 heavy (non-hydrogen) atoms. The number of rotatable bonds is 2. The van der Waals surface area contributed by atoms with Crippen LogP contribution in [0, 0.1) is 6.92 Å². The molecule has 66 valence electrons. The van der Waals surface area contributed by atoms with Crippen LogP contribution in [0.15, 0.2) is 29.1 Å². The molecule has 2 aromatic heterocycles. The first-order valence-corrected chi connectivity index (χ1v) is 4.71. The van der Waals surface area contributed by atoms with Crippen LogP contribution in [0.3, 0.4) is 0 Å². The molecular formula is C10H8O2S. The molecule has 0 aromatic carbocycles. The van der Waals surface area contributed by atoms with E-state index in [-0.39, 0.29) is 0 Å². The summed E-state index contributed by atoms with van der Waals surface area (Å²) in [6.45, 7) is 1.99. The first-order chi connectivity index (χ1) is 6.31. The van der Waals surface area contributed by atoms with Gasteiger partial charge in [0, 0.05) is 10.4 Å². The summed E-state index contributed by atoms with van der Waals surface area (Å²) in [7, 11) is 0. The molecule has 2 heterocycles. The monoisotopic (exact) mass is 192 g/mol. The summed E-state index contributed by atoms with van der Waals surface area (Å²) in [5.74, 6) is 0. The van der Waals surface area contributed by atoms with Crippen molar-refractivity contribution in [3.63, 3.8) is 0 Å². The predicted octanol–water partition coefficient (Wildman–Crippen LogP) is 3.13. The Morgan fingerprint density at radius 3 is 2.77 bits per heavy atom. The molecule has 2 aromatic rings. The van der Waals surface area contributed by atoms with E-state index in [0.717, 1.165) is 27.2 Å². The zero-order valence-electron chi connectivity index (χ0n) is 7.11. The van der Waals surface area contributed by atoms with Crippen molar-refractivity contribution in [2.45, 2.75) is 6.92 Å². The lowest BCUT2D eigenvalue weighted by Crippen LogP contribution is -1.68. The SMILES string of the molecule is Cc1cocc1-c1ccc(C=O)s1. The Morgan fingerprint density at radius 2 is 2.23 bits per heavy atom.